The number of benzene rings is 3. The maximum atomic E-state index is 13.5. The van der Waals surface area contributed by atoms with Gasteiger partial charge in [-0.3, -0.25) is 0 Å². The van der Waals surface area contributed by atoms with Crippen molar-refractivity contribution in [3.05, 3.63) is 78.1 Å². The molecule has 32 heavy (non-hydrogen) atoms. The summed E-state index contributed by atoms with van der Waals surface area (Å²) in [7, 11) is 2.09. The molecule has 2 heterocycles. The minimum Gasteiger partial charge on any atom is -0.374 e. The van der Waals surface area contributed by atoms with Crippen LogP contribution >= 0.6 is 0 Å². The number of anilines is 3. The number of halogens is 3. The Balaban J connectivity index is 1.52. The van der Waals surface area contributed by atoms with Gasteiger partial charge in [0.25, 0.3) is 0 Å². The molecule has 7 heteroatoms. The van der Waals surface area contributed by atoms with Crippen LogP contribution in [0.1, 0.15) is 17.5 Å². The average molecular weight is 434 g/mol. The Bertz CT molecular complexity index is 1300. The molecule has 1 aliphatic rings. The highest BCUT2D eigenvalue weighted by molar-refractivity contribution is 5.93. The first-order valence-electron chi connectivity index (χ1n) is 10.4. The standard InChI is InChI=1S/C25H21F3N4/c1-32-12-4-5-16-8-10-18(14-23(16)32)31-24-20-11-9-17(13-22(20)29-15-30-24)19-6-2-3-7-21(19)25(26,27)28/h2-3,6-11,13-15H,4-5,12H2,1H3,(H,29,30,31). The lowest BCUT2D eigenvalue weighted by molar-refractivity contribution is -0.137. The molecule has 0 spiro atoms. The fourth-order valence-corrected chi connectivity index (χ4v) is 4.28. The van der Waals surface area contributed by atoms with Gasteiger partial charge in [-0.25, -0.2) is 9.97 Å². The molecule has 1 aromatic heterocycles. The van der Waals surface area contributed by atoms with E-state index in [0.29, 0.717) is 16.9 Å². The van der Waals surface area contributed by atoms with E-state index in [2.05, 4.69) is 39.4 Å². The van der Waals surface area contributed by atoms with Gasteiger partial charge < -0.3 is 10.2 Å². The quantitative estimate of drug-likeness (QED) is 0.403. The second-order valence-electron chi connectivity index (χ2n) is 7.99. The topological polar surface area (TPSA) is 41.0 Å². The van der Waals surface area contributed by atoms with Crippen LogP contribution in [0.15, 0.2) is 67.0 Å². The third-order valence-corrected chi connectivity index (χ3v) is 5.88. The zero-order valence-electron chi connectivity index (χ0n) is 17.4. The maximum absolute atomic E-state index is 13.5. The molecular formula is C25H21F3N4. The minimum atomic E-state index is -4.43. The maximum Gasteiger partial charge on any atom is 0.417 e. The third-order valence-electron chi connectivity index (χ3n) is 5.88. The summed E-state index contributed by atoms with van der Waals surface area (Å²) in [6.07, 6.45) is -0.788. The lowest BCUT2D eigenvalue weighted by atomic mass is 9.98. The van der Waals surface area contributed by atoms with E-state index in [9.17, 15) is 13.2 Å². The molecule has 4 nitrogen and oxygen atoms in total. The van der Waals surface area contributed by atoms with Crippen molar-refractivity contribution in [1.29, 1.82) is 0 Å². The van der Waals surface area contributed by atoms with Gasteiger partial charge in [-0.05, 0) is 59.9 Å². The normalized spacial score (nSPS) is 13.8. The molecule has 0 radical (unpaired) electrons. The summed E-state index contributed by atoms with van der Waals surface area (Å²) in [5.74, 6) is 0.615. The van der Waals surface area contributed by atoms with Crippen LogP contribution in [0, 0.1) is 0 Å². The molecule has 1 aliphatic heterocycles. The zero-order chi connectivity index (χ0) is 22.3. The predicted molar refractivity (Wildman–Crippen MR) is 121 cm³/mol. The second kappa shape index (κ2) is 7.82. The van der Waals surface area contributed by atoms with Crippen molar-refractivity contribution >= 4 is 28.1 Å². The SMILES string of the molecule is CN1CCCc2ccc(Nc3ncnc4cc(-c5ccccc5C(F)(F)F)ccc34)cc21. The average Bonchev–Trinajstić information content (AvgIpc) is 2.79. The van der Waals surface area contributed by atoms with Crippen LogP contribution in [0.4, 0.5) is 30.4 Å². The van der Waals surface area contributed by atoms with Crippen molar-refractivity contribution in [1.82, 2.24) is 9.97 Å². The number of nitrogens with one attached hydrogen (secondary N) is 1. The van der Waals surface area contributed by atoms with Crippen LogP contribution in [0.3, 0.4) is 0 Å². The van der Waals surface area contributed by atoms with E-state index in [4.69, 9.17) is 0 Å². The molecule has 0 fully saturated rings. The third kappa shape index (κ3) is 3.75. The van der Waals surface area contributed by atoms with E-state index in [0.717, 1.165) is 36.5 Å². The van der Waals surface area contributed by atoms with Crippen LogP contribution < -0.4 is 10.2 Å². The first-order chi connectivity index (χ1) is 15.4. The van der Waals surface area contributed by atoms with Gasteiger partial charge in [-0.2, -0.15) is 13.2 Å². The Kier molecular flexibility index (Phi) is 4.96. The summed E-state index contributed by atoms with van der Waals surface area (Å²) in [5.41, 5.74) is 3.94. The van der Waals surface area contributed by atoms with E-state index in [1.807, 2.05) is 6.07 Å². The van der Waals surface area contributed by atoms with E-state index in [-0.39, 0.29) is 5.56 Å². The van der Waals surface area contributed by atoms with Gasteiger partial charge in [0.1, 0.15) is 12.1 Å². The summed E-state index contributed by atoms with van der Waals surface area (Å²) < 4.78 is 40.4. The van der Waals surface area contributed by atoms with E-state index >= 15 is 0 Å². The van der Waals surface area contributed by atoms with Crippen molar-refractivity contribution in [2.24, 2.45) is 0 Å². The van der Waals surface area contributed by atoms with Crippen LogP contribution in [0.2, 0.25) is 0 Å². The molecule has 0 saturated heterocycles. The van der Waals surface area contributed by atoms with Crippen LogP contribution in [-0.2, 0) is 12.6 Å². The van der Waals surface area contributed by atoms with E-state index in [1.54, 1.807) is 24.3 Å². The van der Waals surface area contributed by atoms with E-state index in [1.165, 1.54) is 29.7 Å². The number of nitrogens with zero attached hydrogens (tertiary/aromatic N) is 3. The molecule has 0 saturated carbocycles. The molecule has 162 valence electrons. The van der Waals surface area contributed by atoms with Crippen LogP contribution in [0.25, 0.3) is 22.0 Å². The Morgan fingerprint density at radius 2 is 1.81 bits per heavy atom. The Hall–Kier alpha value is -3.61. The first kappa shape index (κ1) is 20.3. The molecule has 4 aromatic rings. The number of alkyl halides is 3. The van der Waals surface area contributed by atoms with Gasteiger partial charge in [-0.1, -0.05) is 30.3 Å². The smallest absolute Gasteiger partial charge is 0.374 e. The predicted octanol–water partition coefficient (Wildman–Crippen LogP) is 6.44. The summed E-state index contributed by atoms with van der Waals surface area (Å²) in [6.45, 7) is 1.02. The fraction of sp³-hybridized carbons (Fsp3) is 0.200. The minimum absolute atomic E-state index is 0.132. The largest absolute Gasteiger partial charge is 0.417 e. The van der Waals surface area contributed by atoms with Crippen molar-refractivity contribution < 1.29 is 13.2 Å². The Labute approximate surface area is 183 Å². The lowest BCUT2D eigenvalue weighted by Crippen LogP contribution is -2.24. The second-order valence-corrected chi connectivity index (χ2v) is 7.99. The monoisotopic (exact) mass is 434 g/mol. The van der Waals surface area contributed by atoms with Gasteiger partial charge >= 0.3 is 6.18 Å². The molecule has 0 bridgehead atoms. The van der Waals surface area contributed by atoms with Crippen LogP contribution in [0.5, 0.6) is 0 Å². The molecule has 0 unspecified atom stereocenters. The van der Waals surface area contributed by atoms with Gasteiger partial charge in [0.2, 0.25) is 0 Å². The number of aryl methyl sites for hydroxylation is 1. The lowest BCUT2D eigenvalue weighted by Gasteiger charge is -2.28. The number of rotatable bonds is 3. The summed E-state index contributed by atoms with van der Waals surface area (Å²) in [5, 5.41) is 4.10. The molecule has 0 aliphatic carbocycles. The number of hydrogen-bond donors (Lipinski definition) is 1. The molecule has 0 atom stereocenters. The van der Waals surface area contributed by atoms with Crippen molar-refractivity contribution in [2.45, 2.75) is 19.0 Å². The molecule has 3 aromatic carbocycles. The van der Waals surface area contributed by atoms with Crippen LogP contribution in [-0.4, -0.2) is 23.6 Å². The van der Waals surface area contributed by atoms with E-state index < -0.39 is 11.7 Å². The molecular weight excluding hydrogens is 413 g/mol. The highest BCUT2D eigenvalue weighted by Crippen LogP contribution is 2.38. The van der Waals surface area contributed by atoms with Gasteiger partial charge in [-0.15, -0.1) is 0 Å². The van der Waals surface area contributed by atoms with Crippen molar-refractivity contribution in [3.63, 3.8) is 0 Å². The Morgan fingerprint density at radius 3 is 2.66 bits per heavy atom. The van der Waals surface area contributed by atoms with Crippen molar-refractivity contribution in [2.75, 3.05) is 23.8 Å². The number of hydrogen-bond acceptors (Lipinski definition) is 4. The molecule has 5 rings (SSSR count). The molecule has 0 amide bonds. The highest BCUT2D eigenvalue weighted by Gasteiger charge is 2.33. The van der Waals surface area contributed by atoms with Gasteiger partial charge in [0, 0.05) is 30.4 Å². The summed E-state index contributed by atoms with van der Waals surface area (Å²) >= 11 is 0. The number of fused-ring (bicyclic) bond motifs is 2. The number of aromatic nitrogens is 2. The zero-order valence-corrected chi connectivity index (χ0v) is 17.4. The molecule has 1 N–H and O–H groups in total. The fourth-order valence-electron chi connectivity index (χ4n) is 4.28. The van der Waals surface area contributed by atoms with Gasteiger partial charge in [0.15, 0.2) is 0 Å². The van der Waals surface area contributed by atoms with Gasteiger partial charge in [0.05, 0.1) is 11.1 Å². The van der Waals surface area contributed by atoms with Crippen molar-refractivity contribution in [3.8, 4) is 11.1 Å². The summed E-state index contributed by atoms with van der Waals surface area (Å²) in [6, 6.07) is 17.0. The highest BCUT2D eigenvalue weighted by atomic mass is 19.4. The Morgan fingerprint density at radius 1 is 0.969 bits per heavy atom. The summed E-state index contributed by atoms with van der Waals surface area (Å²) in [4.78, 5) is 10.9. The first-order valence-corrected chi connectivity index (χ1v) is 10.4.